The van der Waals surface area contributed by atoms with Gasteiger partial charge in [0, 0.05) is 4.91 Å². The molecule has 1 heterocycles. The Labute approximate surface area is 89.9 Å². The van der Waals surface area contributed by atoms with Crippen LogP contribution in [0.1, 0.15) is 11.1 Å². The van der Waals surface area contributed by atoms with Gasteiger partial charge >= 0.3 is 0 Å². The summed E-state index contributed by atoms with van der Waals surface area (Å²) >= 11 is 5.47. The van der Waals surface area contributed by atoms with Gasteiger partial charge in [0.1, 0.15) is 0 Å². The molecule has 0 amide bonds. The summed E-state index contributed by atoms with van der Waals surface area (Å²) < 4.78 is 0.460. The van der Waals surface area contributed by atoms with E-state index < -0.39 is 0 Å². The van der Waals surface area contributed by atoms with Gasteiger partial charge in [0.15, 0.2) is 0 Å². The minimum Gasteiger partial charge on any atom is -0.106 e. The largest absolute Gasteiger partial charge is 0.106 e. The highest BCUT2D eigenvalue weighted by Crippen LogP contribution is 2.50. The number of halogens is 1. The van der Waals surface area contributed by atoms with Crippen LogP contribution in [-0.2, 0) is 0 Å². The molecule has 1 aliphatic heterocycles. The maximum Gasteiger partial charge on any atom is 0.0836 e. The van der Waals surface area contributed by atoms with E-state index in [-0.39, 0.29) is 0 Å². The maximum absolute atomic E-state index is 3.59. The lowest BCUT2D eigenvalue weighted by Gasteiger charge is -1.97. The molecule has 13 heavy (non-hydrogen) atoms. The average Bonchev–Trinajstić information content (AvgIpc) is 2.60. The first-order valence-electron chi connectivity index (χ1n) is 4.18. The summed E-state index contributed by atoms with van der Waals surface area (Å²) in [6.07, 6.45) is 4.55. The highest BCUT2D eigenvalue weighted by Gasteiger charge is 2.26. The molecule has 0 spiro atoms. The van der Waals surface area contributed by atoms with Crippen molar-refractivity contribution in [2.24, 2.45) is 0 Å². The molecule has 0 saturated carbocycles. The minimum atomic E-state index is 0.460. The Balaban J connectivity index is 2.22. The van der Waals surface area contributed by atoms with Gasteiger partial charge in [0.25, 0.3) is 0 Å². The predicted molar refractivity (Wildman–Crippen MR) is 62.7 cm³/mol. The van der Waals surface area contributed by atoms with Gasteiger partial charge in [-0.15, -0.1) is 11.8 Å². The second-order valence-electron chi connectivity index (χ2n) is 3.15. The van der Waals surface area contributed by atoms with Crippen LogP contribution in [-0.4, -0.2) is 4.16 Å². The first-order chi connectivity index (χ1) is 6.34. The minimum absolute atomic E-state index is 0.460. The third-order valence-electron chi connectivity index (χ3n) is 2.34. The molecule has 64 valence electrons. The van der Waals surface area contributed by atoms with Crippen LogP contribution in [0.25, 0.3) is 11.6 Å². The van der Waals surface area contributed by atoms with Crippen molar-refractivity contribution in [1.29, 1.82) is 0 Å². The molecule has 2 heteroatoms. The van der Waals surface area contributed by atoms with E-state index in [0.29, 0.717) is 4.16 Å². The third kappa shape index (κ3) is 1.12. The summed E-state index contributed by atoms with van der Waals surface area (Å²) in [7, 11) is 0. The maximum atomic E-state index is 3.59. The number of hydrogen-bond acceptors (Lipinski definition) is 1. The van der Waals surface area contributed by atoms with Crippen LogP contribution in [0, 0.1) is 0 Å². The number of rotatable bonds is 0. The van der Waals surface area contributed by atoms with Gasteiger partial charge in [-0.05, 0) is 22.8 Å². The molecule has 2 aliphatic rings. The standard InChI is InChI=1S/C11H7BrS/c12-11-6-9-8-4-2-1-3-7(8)5-10(9)13-11/h1-6,11H. The molecule has 0 fully saturated rings. The van der Waals surface area contributed by atoms with Gasteiger partial charge in [-0.25, -0.2) is 0 Å². The molecule has 1 unspecified atom stereocenters. The Hall–Kier alpha value is -0.470. The van der Waals surface area contributed by atoms with Crippen molar-refractivity contribution in [3.8, 4) is 0 Å². The van der Waals surface area contributed by atoms with Gasteiger partial charge in [0.2, 0.25) is 0 Å². The van der Waals surface area contributed by atoms with E-state index >= 15 is 0 Å². The summed E-state index contributed by atoms with van der Waals surface area (Å²) in [5.74, 6) is 0. The van der Waals surface area contributed by atoms with Gasteiger partial charge in [-0.2, -0.15) is 0 Å². The van der Waals surface area contributed by atoms with Crippen LogP contribution in [0.4, 0.5) is 0 Å². The van der Waals surface area contributed by atoms with Gasteiger partial charge in [-0.1, -0.05) is 46.3 Å². The average molecular weight is 251 g/mol. The molecule has 0 saturated heterocycles. The molecule has 1 aromatic rings. The Morgan fingerprint density at radius 3 is 3.00 bits per heavy atom. The number of thioether (sulfide) groups is 1. The number of fused-ring (bicyclic) bond motifs is 3. The fourth-order valence-electron chi connectivity index (χ4n) is 1.78. The van der Waals surface area contributed by atoms with E-state index in [0.717, 1.165) is 0 Å². The van der Waals surface area contributed by atoms with E-state index in [2.05, 4.69) is 52.3 Å². The highest BCUT2D eigenvalue weighted by atomic mass is 79.9. The third-order valence-corrected chi connectivity index (χ3v) is 4.12. The van der Waals surface area contributed by atoms with Gasteiger partial charge < -0.3 is 0 Å². The van der Waals surface area contributed by atoms with Crippen molar-refractivity contribution in [2.45, 2.75) is 4.16 Å². The topological polar surface area (TPSA) is 0 Å². The first kappa shape index (κ1) is 7.89. The lowest BCUT2D eigenvalue weighted by atomic mass is 10.1. The molecule has 0 aromatic heterocycles. The van der Waals surface area contributed by atoms with E-state index in [1.54, 1.807) is 0 Å². The zero-order valence-corrected chi connectivity index (χ0v) is 9.23. The van der Waals surface area contributed by atoms with Crippen molar-refractivity contribution in [1.82, 2.24) is 0 Å². The summed E-state index contributed by atoms with van der Waals surface area (Å²) in [5.41, 5.74) is 4.14. The molecule has 3 rings (SSSR count). The zero-order chi connectivity index (χ0) is 8.84. The SMILES string of the molecule is BrC1C=C2C(=Cc3ccccc32)S1. The van der Waals surface area contributed by atoms with Crippen molar-refractivity contribution < 1.29 is 0 Å². The van der Waals surface area contributed by atoms with Crippen LogP contribution in [0.15, 0.2) is 35.2 Å². The molecule has 0 radical (unpaired) electrons. The summed E-state index contributed by atoms with van der Waals surface area (Å²) in [4.78, 5) is 1.41. The van der Waals surface area contributed by atoms with Crippen LogP contribution < -0.4 is 0 Å². The number of alkyl halides is 1. The fraction of sp³-hybridized carbons (Fsp3) is 0.0909. The molecular formula is C11H7BrS. The Bertz CT molecular complexity index is 431. The molecule has 0 bridgehead atoms. The zero-order valence-electron chi connectivity index (χ0n) is 6.83. The molecule has 0 N–H and O–H groups in total. The second kappa shape index (κ2) is 2.76. The first-order valence-corrected chi connectivity index (χ1v) is 5.98. The molecule has 0 nitrogen and oxygen atoms in total. The van der Waals surface area contributed by atoms with E-state index in [4.69, 9.17) is 0 Å². The van der Waals surface area contributed by atoms with Gasteiger partial charge in [-0.3, -0.25) is 0 Å². The summed E-state index contributed by atoms with van der Waals surface area (Å²) in [6, 6.07) is 8.55. The number of hydrogen-bond donors (Lipinski definition) is 0. The molecular weight excluding hydrogens is 244 g/mol. The lowest BCUT2D eigenvalue weighted by molar-refractivity contribution is 1.60. The van der Waals surface area contributed by atoms with Crippen molar-refractivity contribution in [2.75, 3.05) is 0 Å². The summed E-state index contributed by atoms with van der Waals surface area (Å²) in [6.45, 7) is 0. The van der Waals surface area contributed by atoms with Crippen molar-refractivity contribution in [3.05, 3.63) is 46.4 Å². The second-order valence-corrected chi connectivity index (χ2v) is 5.92. The monoisotopic (exact) mass is 250 g/mol. The van der Waals surface area contributed by atoms with Crippen LogP contribution in [0.2, 0.25) is 0 Å². The van der Waals surface area contributed by atoms with E-state index in [9.17, 15) is 0 Å². The van der Waals surface area contributed by atoms with E-state index in [1.807, 2.05) is 11.8 Å². The van der Waals surface area contributed by atoms with Gasteiger partial charge in [0.05, 0.1) is 4.16 Å². The predicted octanol–water partition coefficient (Wildman–Crippen LogP) is 3.89. The number of allylic oxidation sites excluding steroid dienone is 1. The molecule has 1 aromatic carbocycles. The Kier molecular flexibility index (Phi) is 1.67. The summed E-state index contributed by atoms with van der Waals surface area (Å²) in [5, 5.41) is 0. The van der Waals surface area contributed by atoms with Crippen LogP contribution in [0.3, 0.4) is 0 Å². The van der Waals surface area contributed by atoms with Crippen molar-refractivity contribution in [3.63, 3.8) is 0 Å². The molecule has 1 atom stereocenters. The fourth-order valence-corrected chi connectivity index (χ4v) is 3.59. The quantitative estimate of drug-likeness (QED) is 0.630. The normalized spacial score (nSPS) is 23.6. The van der Waals surface area contributed by atoms with Crippen LogP contribution >= 0.6 is 27.7 Å². The molecule has 1 aliphatic carbocycles. The van der Waals surface area contributed by atoms with Crippen molar-refractivity contribution >= 4 is 39.3 Å². The van der Waals surface area contributed by atoms with E-state index in [1.165, 1.54) is 21.6 Å². The Morgan fingerprint density at radius 2 is 2.08 bits per heavy atom. The number of benzene rings is 1. The van der Waals surface area contributed by atoms with Crippen LogP contribution in [0.5, 0.6) is 0 Å². The Morgan fingerprint density at radius 1 is 1.23 bits per heavy atom. The lowest BCUT2D eigenvalue weighted by Crippen LogP contribution is -1.79. The highest BCUT2D eigenvalue weighted by molar-refractivity contribution is 9.11. The smallest absolute Gasteiger partial charge is 0.0836 e.